The summed E-state index contributed by atoms with van der Waals surface area (Å²) in [5, 5.41) is 0. The Balaban J connectivity index is 1.02. The zero-order chi connectivity index (χ0) is 42.5. The molecule has 3 unspecified atom stereocenters. The molecule has 5 aliphatic carbocycles. The first-order valence-corrected chi connectivity index (χ1v) is 23.3. The molecular formula is C58H57F3. The minimum atomic E-state index is -4.42. The summed E-state index contributed by atoms with van der Waals surface area (Å²) in [6.07, 6.45) is 4.73. The third-order valence-corrected chi connectivity index (χ3v) is 17.8. The molecule has 0 radical (unpaired) electrons. The quantitative estimate of drug-likeness (QED) is 0.136. The van der Waals surface area contributed by atoms with Crippen LogP contribution in [0.25, 0.3) is 33.4 Å². The third-order valence-electron chi connectivity index (χ3n) is 17.8. The lowest BCUT2D eigenvalue weighted by atomic mass is 9.56. The average molecular weight is 811 g/mol. The molecule has 6 aromatic carbocycles. The number of hydrogen-bond donors (Lipinski definition) is 0. The molecule has 0 amide bonds. The van der Waals surface area contributed by atoms with Crippen molar-refractivity contribution < 1.29 is 13.2 Å². The van der Waals surface area contributed by atoms with E-state index in [1.165, 1.54) is 79.2 Å². The van der Waals surface area contributed by atoms with Crippen molar-refractivity contribution in [1.29, 1.82) is 0 Å². The predicted molar refractivity (Wildman–Crippen MR) is 245 cm³/mol. The van der Waals surface area contributed by atoms with Gasteiger partial charge in [0.05, 0.1) is 0 Å². The van der Waals surface area contributed by atoms with Crippen molar-refractivity contribution in [2.24, 2.45) is 0 Å². The summed E-state index contributed by atoms with van der Waals surface area (Å²) in [6, 6.07) is 40.0. The lowest BCUT2D eigenvalue weighted by Gasteiger charge is -2.47. The first-order chi connectivity index (χ1) is 29.4. The molecule has 3 atom stereocenters. The second kappa shape index (κ2) is 12.8. The summed E-state index contributed by atoms with van der Waals surface area (Å²) in [5.41, 5.74) is 19.3. The second-order valence-electron chi connectivity index (χ2n) is 19.5. The second-order valence-corrected chi connectivity index (χ2v) is 19.5. The highest BCUT2D eigenvalue weighted by atomic mass is 19.4. The van der Waals surface area contributed by atoms with Gasteiger partial charge in [0.2, 0.25) is 0 Å². The summed E-state index contributed by atoms with van der Waals surface area (Å²) in [5.74, 6) is 0. The van der Waals surface area contributed by atoms with E-state index in [0.29, 0.717) is 22.3 Å². The molecule has 11 rings (SSSR count). The van der Waals surface area contributed by atoms with Crippen molar-refractivity contribution in [1.82, 2.24) is 0 Å². The van der Waals surface area contributed by atoms with E-state index in [9.17, 15) is 0 Å². The SMILES string of the molecule is CCCC1(c2ccc3c(c2)C(CC)(CC)c2ccccc2-3)Cc2cc3c(cc21)C(CC)(CC)c1cc2c(cc1-3)CC2(CC)c1ccc2c(c1)C(C)(C(F)(F)F)c1ccccc1-2. The van der Waals surface area contributed by atoms with E-state index in [0.717, 1.165) is 63.4 Å². The van der Waals surface area contributed by atoms with E-state index >= 15 is 13.2 Å². The fourth-order valence-corrected chi connectivity index (χ4v) is 14.2. The summed E-state index contributed by atoms with van der Waals surface area (Å²) < 4.78 is 45.6. The molecule has 0 aliphatic heterocycles. The molecule has 0 aromatic heterocycles. The standard InChI is InChI=1S/C58H57F3/c1-8-26-57(38-23-25-42-40-19-15-17-21-46(40)54(9-2,10-3)50(42)30-38)34-36-28-44-43-27-35-33-56(13-6,47(35)31-51(43)55(11-4,12-5)52(44)32-48(36)57)37-22-24-41-39-18-14-16-20-45(39)53(7,49(41)29-37)58(59,60)61/h14-25,27-32H,8-13,26,33-34H2,1-7H3. The van der Waals surface area contributed by atoms with Gasteiger partial charge in [0.25, 0.3) is 0 Å². The Hall–Kier alpha value is -4.89. The van der Waals surface area contributed by atoms with Crippen LogP contribution in [0.15, 0.2) is 109 Å². The first-order valence-electron chi connectivity index (χ1n) is 23.3. The van der Waals surface area contributed by atoms with E-state index in [1.54, 1.807) is 12.1 Å². The summed E-state index contributed by atoms with van der Waals surface area (Å²) in [6.45, 7) is 15.4. The molecule has 5 aliphatic rings. The van der Waals surface area contributed by atoms with Gasteiger partial charge in [-0.05, 0) is 158 Å². The van der Waals surface area contributed by atoms with Crippen LogP contribution >= 0.6 is 0 Å². The molecule has 0 bridgehead atoms. The molecule has 6 aromatic rings. The first kappa shape index (κ1) is 39.0. The van der Waals surface area contributed by atoms with Crippen LogP contribution in [-0.2, 0) is 39.9 Å². The highest BCUT2D eigenvalue weighted by molar-refractivity contribution is 5.87. The highest BCUT2D eigenvalue weighted by Gasteiger charge is 2.59. The van der Waals surface area contributed by atoms with Crippen LogP contribution in [0.1, 0.15) is 160 Å². The fourth-order valence-electron chi connectivity index (χ4n) is 14.2. The van der Waals surface area contributed by atoms with Gasteiger partial charge in [-0.3, -0.25) is 0 Å². The molecule has 0 saturated heterocycles. The van der Waals surface area contributed by atoms with Crippen molar-refractivity contribution in [3.63, 3.8) is 0 Å². The van der Waals surface area contributed by atoms with Gasteiger partial charge in [0.15, 0.2) is 0 Å². The molecule has 0 fully saturated rings. The molecule has 61 heavy (non-hydrogen) atoms. The Bertz CT molecular complexity index is 2830. The van der Waals surface area contributed by atoms with Crippen molar-refractivity contribution in [2.75, 3.05) is 0 Å². The molecule has 0 saturated carbocycles. The third kappa shape index (κ3) is 4.54. The van der Waals surface area contributed by atoms with Crippen molar-refractivity contribution in [3.05, 3.63) is 176 Å². The van der Waals surface area contributed by atoms with Gasteiger partial charge in [0.1, 0.15) is 5.41 Å². The Kier molecular flexibility index (Phi) is 8.21. The number of halogens is 3. The van der Waals surface area contributed by atoms with Crippen molar-refractivity contribution >= 4 is 0 Å². The Labute approximate surface area is 360 Å². The number of alkyl halides is 3. The van der Waals surface area contributed by atoms with E-state index in [2.05, 4.69) is 114 Å². The maximum absolute atomic E-state index is 15.2. The molecular weight excluding hydrogens is 754 g/mol. The zero-order valence-corrected chi connectivity index (χ0v) is 36.9. The van der Waals surface area contributed by atoms with Crippen molar-refractivity contribution in [3.8, 4) is 33.4 Å². The maximum Gasteiger partial charge on any atom is 0.402 e. The minimum Gasteiger partial charge on any atom is -0.170 e. The van der Waals surface area contributed by atoms with Gasteiger partial charge in [0, 0.05) is 21.7 Å². The van der Waals surface area contributed by atoms with Crippen LogP contribution in [0, 0.1) is 0 Å². The summed E-state index contributed by atoms with van der Waals surface area (Å²) in [7, 11) is 0. The van der Waals surface area contributed by atoms with Crippen LogP contribution < -0.4 is 0 Å². The highest BCUT2D eigenvalue weighted by Crippen LogP contribution is 2.63. The van der Waals surface area contributed by atoms with Gasteiger partial charge in [-0.25, -0.2) is 0 Å². The van der Waals surface area contributed by atoms with Crippen LogP contribution in [0.2, 0.25) is 0 Å². The van der Waals surface area contributed by atoms with Crippen LogP contribution in [0.4, 0.5) is 13.2 Å². The van der Waals surface area contributed by atoms with Gasteiger partial charge in [-0.1, -0.05) is 157 Å². The average Bonchev–Trinajstić information content (AvgIpc) is 3.81. The molecule has 0 heterocycles. The Morgan fingerprint density at radius 3 is 1.43 bits per heavy atom. The lowest BCUT2D eigenvalue weighted by Crippen LogP contribution is -2.42. The number of fused-ring (bicyclic) bond motifs is 11. The van der Waals surface area contributed by atoms with Gasteiger partial charge in [-0.2, -0.15) is 13.2 Å². The molecule has 310 valence electrons. The van der Waals surface area contributed by atoms with Gasteiger partial charge in [-0.15, -0.1) is 0 Å². The minimum absolute atomic E-state index is 0.0160. The maximum atomic E-state index is 15.2. The van der Waals surface area contributed by atoms with E-state index < -0.39 is 11.6 Å². The zero-order valence-electron chi connectivity index (χ0n) is 36.9. The predicted octanol–water partition coefficient (Wildman–Crippen LogP) is 15.6. The van der Waals surface area contributed by atoms with Crippen LogP contribution in [-0.4, -0.2) is 6.18 Å². The Morgan fingerprint density at radius 2 is 0.869 bits per heavy atom. The lowest BCUT2D eigenvalue weighted by molar-refractivity contribution is -0.172. The normalized spacial score (nSPS) is 23.7. The topological polar surface area (TPSA) is 0 Å². The summed E-state index contributed by atoms with van der Waals surface area (Å²) >= 11 is 0. The number of hydrogen-bond acceptors (Lipinski definition) is 0. The smallest absolute Gasteiger partial charge is 0.170 e. The molecule has 0 nitrogen and oxygen atoms in total. The van der Waals surface area contributed by atoms with Gasteiger partial charge < -0.3 is 0 Å². The van der Waals surface area contributed by atoms with Gasteiger partial charge >= 0.3 is 6.18 Å². The van der Waals surface area contributed by atoms with E-state index in [1.807, 2.05) is 24.3 Å². The Morgan fingerprint density at radius 1 is 0.426 bits per heavy atom. The largest absolute Gasteiger partial charge is 0.402 e. The number of benzene rings is 6. The molecule has 0 spiro atoms. The fraction of sp³-hybridized carbons (Fsp3) is 0.379. The van der Waals surface area contributed by atoms with Crippen molar-refractivity contribution in [2.45, 2.75) is 140 Å². The van der Waals surface area contributed by atoms with E-state index in [4.69, 9.17) is 0 Å². The monoisotopic (exact) mass is 810 g/mol. The summed E-state index contributed by atoms with van der Waals surface area (Å²) in [4.78, 5) is 0. The van der Waals surface area contributed by atoms with Crippen LogP contribution in [0.3, 0.4) is 0 Å². The van der Waals surface area contributed by atoms with Crippen LogP contribution in [0.5, 0.6) is 0 Å². The molecule has 3 heteroatoms. The number of rotatable bonds is 9. The molecule has 0 N–H and O–H groups in total. The van der Waals surface area contributed by atoms with E-state index in [-0.39, 0.29) is 21.7 Å².